The normalized spacial score (nSPS) is 10.1. The first-order valence-electron chi connectivity index (χ1n) is 6.47. The quantitative estimate of drug-likeness (QED) is 0.838. The molecule has 2 rings (SSSR count). The lowest BCUT2D eigenvalue weighted by molar-refractivity contribution is 0.617. The van der Waals surface area contributed by atoms with Crippen LogP contribution < -0.4 is 5.56 Å². The van der Waals surface area contributed by atoms with Gasteiger partial charge in [-0.25, -0.2) is 0 Å². The molecule has 1 aromatic carbocycles. The third-order valence-electron chi connectivity index (χ3n) is 3.10. The Bertz CT molecular complexity index is 651. The minimum atomic E-state index is -0.197. The fourth-order valence-electron chi connectivity index (χ4n) is 2.06. The Kier molecular flexibility index (Phi) is 4.15. The lowest BCUT2D eigenvalue weighted by Crippen LogP contribution is -2.24. The van der Waals surface area contributed by atoms with E-state index in [9.17, 15) is 4.79 Å². The Morgan fingerprint density at radius 1 is 1.16 bits per heavy atom. The summed E-state index contributed by atoms with van der Waals surface area (Å²) < 4.78 is 1.71. The Hall–Kier alpha value is -2.34. The van der Waals surface area contributed by atoms with E-state index >= 15 is 0 Å². The van der Waals surface area contributed by atoms with Crippen LogP contribution in [0.15, 0.2) is 47.3 Å². The van der Waals surface area contributed by atoms with E-state index < -0.39 is 0 Å². The first kappa shape index (κ1) is 13.1. The molecule has 0 radical (unpaired) electrons. The Balaban J connectivity index is 2.58. The fraction of sp³-hybridized carbons (Fsp3) is 0.250. The molecule has 0 aliphatic carbocycles. The largest absolute Gasteiger partial charge is 0.307 e. The van der Waals surface area contributed by atoms with E-state index in [0.717, 1.165) is 24.1 Å². The van der Waals surface area contributed by atoms with Crippen LogP contribution in [0.2, 0.25) is 0 Å². The maximum absolute atomic E-state index is 12.2. The lowest BCUT2D eigenvalue weighted by Gasteiger charge is -2.13. The molecule has 0 saturated carbocycles. The van der Waals surface area contributed by atoms with Crippen molar-refractivity contribution in [3.63, 3.8) is 0 Å². The molecule has 96 valence electrons. The highest BCUT2D eigenvalue weighted by Crippen LogP contribution is 2.18. The summed E-state index contributed by atoms with van der Waals surface area (Å²) in [7, 11) is 0. The van der Waals surface area contributed by atoms with Crippen LogP contribution in [-0.4, -0.2) is 4.57 Å². The van der Waals surface area contributed by atoms with E-state index in [1.165, 1.54) is 0 Å². The summed E-state index contributed by atoms with van der Waals surface area (Å²) >= 11 is 0. The molecule has 0 aliphatic rings. The first-order valence-corrected chi connectivity index (χ1v) is 6.47. The van der Waals surface area contributed by atoms with Crippen molar-refractivity contribution < 1.29 is 0 Å². The van der Waals surface area contributed by atoms with Gasteiger partial charge in [-0.1, -0.05) is 43.7 Å². The van der Waals surface area contributed by atoms with E-state index in [1.54, 1.807) is 10.6 Å². The van der Waals surface area contributed by atoms with Crippen molar-refractivity contribution in [2.75, 3.05) is 0 Å². The van der Waals surface area contributed by atoms with Crippen molar-refractivity contribution in [1.29, 1.82) is 5.26 Å². The topological polar surface area (TPSA) is 45.8 Å². The molecule has 0 unspecified atom stereocenters. The number of unbranched alkanes of at least 4 members (excludes halogenated alkanes) is 1. The molecule has 0 saturated heterocycles. The molecule has 3 heteroatoms. The number of rotatable bonds is 4. The minimum absolute atomic E-state index is 0.197. The zero-order valence-corrected chi connectivity index (χ0v) is 11.0. The van der Waals surface area contributed by atoms with Gasteiger partial charge in [0.05, 0.1) is 5.69 Å². The van der Waals surface area contributed by atoms with E-state index in [-0.39, 0.29) is 11.1 Å². The molecule has 0 N–H and O–H groups in total. The molecular formula is C16H16N2O. The summed E-state index contributed by atoms with van der Waals surface area (Å²) in [6.45, 7) is 2.73. The maximum Gasteiger partial charge on any atom is 0.268 e. The molecule has 1 aromatic heterocycles. The van der Waals surface area contributed by atoms with Gasteiger partial charge < -0.3 is 4.57 Å². The molecule has 0 amide bonds. The molecule has 1 heterocycles. The van der Waals surface area contributed by atoms with Gasteiger partial charge in [0.1, 0.15) is 11.6 Å². The minimum Gasteiger partial charge on any atom is -0.307 e. The lowest BCUT2D eigenvalue weighted by atomic mass is 10.1. The number of nitriles is 1. The average Bonchev–Trinajstić information content (AvgIpc) is 2.46. The van der Waals surface area contributed by atoms with Crippen LogP contribution in [0, 0.1) is 11.3 Å². The van der Waals surface area contributed by atoms with Gasteiger partial charge in [0, 0.05) is 6.54 Å². The number of pyridine rings is 1. The van der Waals surface area contributed by atoms with E-state index in [4.69, 9.17) is 5.26 Å². The smallest absolute Gasteiger partial charge is 0.268 e. The number of nitrogens with zero attached hydrogens (tertiary/aromatic N) is 2. The molecule has 2 aromatic rings. The zero-order valence-electron chi connectivity index (χ0n) is 11.0. The van der Waals surface area contributed by atoms with Gasteiger partial charge in [0.15, 0.2) is 0 Å². The summed E-state index contributed by atoms with van der Waals surface area (Å²) in [5.41, 5.74) is 1.88. The van der Waals surface area contributed by atoms with Gasteiger partial charge >= 0.3 is 0 Å². The Morgan fingerprint density at radius 3 is 2.53 bits per heavy atom. The van der Waals surface area contributed by atoms with Gasteiger partial charge in [-0.15, -0.1) is 0 Å². The average molecular weight is 252 g/mol. The maximum atomic E-state index is 12.2. The molecule has 3 nitrogen and oxygen atoms in total. The number of aromatic nitrogens is 1. The highest BCUT2D eigenvalue weighted by atomic mass is 16.1. The van der Waals surface area contributed by atoms with Crippen molar-refractivity contribution in [2.45, 2.75) is 26.3 Å². The van der Waals surface area contributed by atoms with Crippen LogP contribution in [-0.2, 0) is 6.54 Å². The van der Waals surface area contributed by atoms with Crippen molar-refractivity contribution in [1.82, 2.24) is 4.57 Å². The molecule has 0 spiro atoms. The molecule has 0 aliphatic heterocycles. The Labute approximate surface area is 112 Å². The van der Waals surface area contributed by atoms with E-state index in [0.29, 0.717) is 6.54 Å². The fourth-order valence-corrected chi connectivity index (χ4v) is 2.06. The second-order valence-corrected chi connectivity index (χ2v) is 4.42. The second-order valence-electron chi connectivity index (χ2n) is 4.42. The SMILES string of the molecule is CCCCn1c(-c2ccccc2)ccc(C#N)c1=O. The van der Waals surface area contributed by atoms with Crippen LogP contribution in [0.3, 0.4) is 0 Å². The summed E-state index contributed by atoms with van der Waals surface area (Å²) in [5, 5.41) is 8.97. The van der Waals surface area contributed by atoms with E-state index in [1.807, 2.05) is 42.5 Å². The van der Waals surface area contributed by atoms with Crippen molar-refractivity contribution in [3.8, 4) is 17.3 Å². The summed E-state index contributed by atoms with van der Waals surface area (Å²) in [6.07, 6.45) is 1.94. The number of hydrogen-bond donors (Lipinski definition) is 0. The zero-order chi connectivity index (χ0) is 13.7. The van der Waals surface area contributed by atoms with Gasteiger partial charge in [0.25, 0.3) is 5.56 Å². The van der Waals surface area contributed by atoms with Crippen LogP contribution >= 0.6 is 0 Å². The predicted molar refractivity (Wildman–Crippen MR) is 75.8 cm³/mol. The third kappa shape index (κ3) is 2.74. The van der Waals surface area contributed by atoms with Crippen molar-refractivity contribution in [3.05, 3.63) is 58.4 Å². The van der Waals surface area contributed by atoms with Gasteiger partial charge in [-0.2, -0.15) is 5.26 Å². The summed E-state index contributed by atoms with van der Waals surface area (Å²) in [5.74, 6) is 0. The van der Waals surface area contributed by atoms with Gasteiger partial charge in [-0.05, 0) is 24.1 Å². The molecule has 0 bridgehead atoms. The highest BCUT2D eigenvalue weighted by Gasteiger charge is 2.09. The predicted octanol–water partition coefficient (Wildman–Crippen LogP) is 3.19. The van der Waals surface area contributed by atoms with Crippen LogP contribution in [0.4, 0.5) is 0 Å². The third-order valence-corrected chi connectivity index (χ3v) is 3.10. The molecule has 0 fully saturated rings. The van der Waals surface area contributed by atoms with Crippen LogP contribution in [0.5, 0.6) is 0 Å². The van der Waals surface area contributed by atoms with Gasteiger partial charge in [0.2, 0.25) is 0 Å². The van der Waals surface area contributed by atoms with E-state index in [2.05, 4.69) is 6.92 Å². The second kappa shape index (κ2) is 6.01. The first-order chi connectivity index (χ1) is 9.27. The number of hydrogen-bond acceptors (Lipinski definition) is 2. The van der Waals surface area contributed by atoms with Crippen molar-refractivity contribution >= 4 is 0 Å². The molecular weight excluding hydrogens is 236 g/mol. The van der Waals surface area contributed by atoms with Crippen LogP contribution in [0.1, 0.15) is 25.3 Å². The molecule has 0 atom stereocenters. The monoisotopic (exact) mass is 252 g/mol. The summed E-state index contributed by atoms with van der Waals surface area (Å²) in [4.78, 5) is 12.2. The van der Waals surface area contributed by atoms with Crippen LogP contribution in [0.25, 0.3) is 11.3 Å². The van der Waals surface area contributed by atoms with Gasteiger partial charge in [-0.3, -0.25) is 4.79 Å². The standard InChI is InChI=1S/C16H16N2O/c1-2-3-11-18-15(13-7-5-4-6-8-13)10-9-14(12-17)16(18)19/h4-10H,2-3,11H2,1H3. The van der Waals surface area contributed by atoms with Crippen molar-refractivity contribution in [2.24, 2.45) is 0 Å². The Morgan fingerprint density at radius 2 is 1.89 bits per heavy atom. The highest BCUT2D eigenvalue weighted by molar-refractivity contribution is 5.60. The molecule has 19 heavy (non-hydrogen) atoms. The summed E-state index contributed by atoms with van der Waals surface area (Å²) in [6, 6.07) is 15.2. The number of benzene rings is 1.